The summed E-state index contributed by atoms with van der Waals surface area (Å²) in [5, 5.41) is 4.79. The van der Waals surface area contributed by atoms with Crippen LogP contribution in [-0.4, -0.2) is 7.05 Å². The van der Waals surface area contributed by atoms with Crippen LogP contribution in [0.1, 0.15) is 75.1 Å². The first-order valence-corrected chi connectivity index (χ1v) is 13.3. The van der Waals surface area contributed by atoms with Gasteiger partial charge in [-0.3, -0.25) is 0 Å². The monoisotopic (exact) mass is 461 g/mol. The van der Waals surface area contributed by atoms with Crippen LogP contribution in [0.15, 0.2) is 72.8 Å². The van der Waals surface area contributed by atoms with Crippen molar-refractivity contribution in [2.75, 3.05) is 7.05 Å². The molecule has 3 aromatic carbocycles. The maximum Gasteiger partial charge on any atom is 0.127 e. The first-order chi connectivity index (χ1) is 16.0. The van der Waals surface area contributed by atoms with Crippen LogP contribution in [-0.2, 0) is 18.3 Å². The third-order valence-electron chi connectivity index (χ3n) is 6.62. The van der Waals surface area contributed by atoms with E-state index >= 15 is 0 Å². The fraction of sp³-hybridized carbons (Fsp3) is 0.400. The van der Waals surface area contributed by atoms with Crippen molar-refractivity contribution < 1.29 is 4.74 Å². The zero-order valence-electron chi connectivity index (χ0n) is 20.9. The highest BCUT2D eigenvalue weighted by Gasteiger charge is 2.31. The minimum Gasteiger partial charge on any atom is -0.488 e. The molecule has 0 aliphatic carbocycles. The highest BCUT2D eigenvalue weighted by molar-refractivity contribution is 7.48. The lowest BCUT2D eigenvalue weighted by Gasteiger charge is -2.33. The average Bonchev–Trinajstić information content (AvgIpc) is 2.84. The van der Waals surface area contributed by atoms with Gasteiger partial charge in [0, 0.05) is 17.3 Å². The summed E-state index contributed by atoms with van der Waals surface area (Å²) in [4.78, 5) is 0. The van der Waals surface area contributed by atoms with Crippen molar-refractivity contribution in [3.8, 4) is 5.75 Å². The molecule has 0 heterocycles. The Morgan fingerprint density at radius 2 is 1.67 bits per heavy atom. The van der Waals surface area contributed by atoms with Gasteiger partial charge in [-0.1, -0.05) is 115 Å². The van der Waals surface area contributed by atoms with Gasteiger partial charge < -0.3 is 10.1 Å². The minimum atomic E-state index is 0.0117. The molecule has 0 saturated heterocycles. The summed E-state index contributed by atoms with van der Waals surface area (Å²) < 4.78 is 6.68. The normalized spacial score (nSPS) is 14.3. The molecule has 0 aromatic heterocycles. The lowest BCUT2D eigenvalue weighted by atomic mass is 9.88. The minimum absolute atomic E-state index is 0.0117. The molecule has 3 atom stereocenters. The van der Waals surface area contributed by atoms with Crippen molar-refractivity contribution in [2.45, 2.75) is 71.2 Å². The molecule has 0 saturated carbocycles. The molecule has 0 fully saturated rings. The summed E-state index contributed by atoms with van der Waals surface area (Å²) in [6.45, 7) is 10.8. The number of para-hydroxylation sites is 1. The fourth-order valence-electron chi connectivity index (χ4n) is 4.49. The molecular formula is C30H40NOP. The van der Waals surface area contributed by atoms with Crippen LogP contribution in [0.2, 0.25) is 0 Å². The van der Waals surface area contributed by atoms with E-state index in [1.54, 1.807) is 0 Å². The second-order valence-corrected chi connectivity index (χ2v) is 11.1. The van der Waals surface area contributed by atoms with Crippen LogP contribution < -0.4 is 15.4 Å². The van der Waals surface area contributed by atoms with Crippen molar-refractivity contribution in [2.24, 2.45) is 0 Å². The van der Waals surface area contributed by atoms with E-state index in [1.807, 2.05) is 7.05 Å². The Morgan fingerprint density at radius 3 is 2.36 bits per heavy atom. The van der Waals surface area contributed by atoms with Crippen molar-refractivity contribution in [3.05, 3.63) is 95.1 Å². The van der Waals surface area contributed by atoms with Crippen molar-refractivity contribution in [1.82, 2.24) is 5.32 Å². The first kappa shape index (κ1) is 25.5. The maximum atomic E-state index is 6.68. The highest BCUT2D eigenvalue weighted by Crippen LogP contribution is 2.49. The summed E-state index contributed by atoms with van der Waals surface area (Å²) in [6, 6.07) is 26.2. The number of rotatable bonds is 12. The van der Waals surface area contributed by atoms with Crippen LogP contribution in [0.25, 0.3) is 0 Å². The smallest absolute Gasteiger partial charge is 0.127 e. The molecule has 0 spiro atoms. The van der Waals surface area contributed by atoms with Crippen molar-refractivity contribution >= 4 is 13.9 Å². The summed E-state index contributed by atoms with van der Waals surface area (Å²) in [7, 11) is 2.69. The van der Waals surface area contributed by atoms with Gasteiger partial charge in [-0.2, -0.15) is 0 Å². The molecule has 3 unspecified atom stereocenters. The molecule has 176 valence electrons. The molecule has 1 N–H and O–H groups in total. The molecule has 33 heavy (non-hydrogen) atoms. The number of nitrogens with one attached hydrogen (secondary N) is 1. The fourth-order valence-corrected chi connectivity index (χ4v) is 6.10. The predicted octanol–water partition coefficient (Wildman–Crippen LogP) is 7.52. The van der Waals surface area contributed by atoms with Gasteiger partial charge in [-0.25, -0.2) is 0 Å². The van der Waals surface area contributed by atoms with Crippen LogP contribution in [0, 0.1) is 0 Å². The molecular weight excluding hydrogens is 421 g/mol. The molecule has 0 amide bonds. The molecule has 0 bridgehead atoms. The van der Waals surface area contributed by atoms with Crippen LogP contribution in [0.3, 0.4) is 0 Å². The Hall–Kier alpha value is -2.15. The topological polar surface area (TPSA) is 21.3 Å². The molecule has 0 aliphatic heterocycles. The molecule has 3 rings (SSSR count). The van der Waals surface area contributed by atoms with E-state index in [0.29, 0.717) is 21.1 Å². The number of hydrogen-bond donors (Lipinski definition) is 1. The standard InChI is InChI=1S/C30H40NOP/c1-6-14-23(3)26-18-13-19-27(29(26)32-22-24-15-9-8-10-16-24)30(4,7-2)33-28-20-12-11-17-25(28)21-31-5/h8-13,15-20,23,31,33H,6-7,14,21-22H2,1-5H3. The van der Waals surface area contributed by atoms with E-state index in [1.165, 1.54) is 40.4 Å². The van der Waals surface area contributed by atoms with Gasteiger partial charge in [0.2, 0.25) is 0 Å². The zero-order chi connectivity index (χ0) is 23.7. The molecule has 0 radical (unpaired) electrons. The highest BCUT2D eigenvalue weighted by atomic mass is 31.1. The van der Waals surface area contributed by atoms with E-state index in [4.69, 9.17) is 4.74 Å². The van der Waals surface area contributed by atoms with Gasteiger partial charge in [0.1, 0.15) is 12.4 Å². The predicted molar refractivity (Wildman–Crippen MR) is 145 cm³/mol. The van der Waals surface area contributed by atoms with E-state index in [2.05, 4.69) is 106 Å². The largest absolute Gasteiger partial charge is 0.488 e. The number of ether oxygens (including phenoxy) is 1. The van der Waals surface area contributed by atoms with E-state index < -0.39 is 0 Å². The van der Waals surface area contributed by atoms with Crippen molar-refractivity contribution in [1.29, 1.82) is 0 Å². The molecule has 2 nitrogen and oxygen atoms in total. The number of benzene rings is 3. The Kier molecular flexibility index (Phi) is 9.53. The Morgan fingerprint density at radius 1 is 0.939 bits per heavy atom. The van der Waals surface area contributed by atoms with E-state index in [-0.39, 0.29) is 5.16 Å². The molecule has 3 heteroatoms. The van der Waals surface area contributed by atoms with Gasteiger partial charge in [0.05, 0.1) is 0 Å². The third kappa shape index (κ3) is 6.46. The van der Waals surface area contributed by atoms with E-state index in [9.17, 15) is 0 Å². The van der Waals surface area contributed by atoms with Gasteiger partial charge in [0.25, 0.3) is 0 Å². The third-order valence-corrected chi connectivity index (χ3v) is 8.55. The van der Waals surface area contributed by atoms with Crippen LogP contribution in [0.4, 0.5) is 0 Å². The van der Waals surface area contributed by atoms with Crippen LogP contribution >= 0.6 is 8.58 Å². The van der Waals surface area contributed by atoms with Gasteiger partial charge in [0.15, 0.2) is 0 Å². The quantitative estimate of drug-likeness (QED) is 0.282. The van der Waals surface area contributed by atoms with Crippen molar-refractivity contribution in [3.63, 3.8) is 0 Å². The van der Waals surface area contributed by atoms with Gasteiger partial charge in [-0.05, 0) is 47.8 Å². The van der Waals surface area contributed by atoms with Gasteiger partial charge >= 0.3 is 0 Å². The lowest BCUT2D eigenvalue weighted by Crippen LogP contribution is -2.23. The zero-order valence-corrected chi connectivity index (χ0v) is 21.9. The maximum absolute atomic E-state index is 6.68. The summed E-state index contributed by atoms with van der Waals surface area (Å²) in [5.74, 6) is 1.58. The second-order valence-electron chi connectivity index (χ2n) is 9.19. The molecule has 0 aliphatic rings. The Bertz CT molecular complexity index is 1000. The van der Waals surface area contributed by atoms with Gasteiger partial charge in [-0.15, -0.1) is 0 Å². The van der Waals surface area contributed by atoms with E-state index in [0.717, 1.165) is 18.7 Å². The first-order valence-electron chi connectivity index (χ1n) is 12.3. The van der Waals surface area contributed by atoms with Crippen LogP contribution in [0.5, 0.6) is 5.75 Å². The number of hydrogen-bond acceptors (Lipinski definition) is 2. The average molecular weight is 462 g/mol. The Labute approximate surface area is 203 Å². The Balaban J connectivity index is 2.03. The SMILES string of the molecule is CCCC(C)c1cccc(C(C)(CC)Pc2ccccc2CNC)c1OCc1ccccc1. The summed E-state index contributed by atoms with van der Waals surface area (Å²) in [5.41, 5.74) is 5.29. The summed E-state index contributed by atoms with van der Waals surface area (Å²) >= 11 is 0. The lowest BCUT2D eigenvalue weighted by molar-refractivity contribution is 0.294. The summed E-state index contributed by atoms with van der Waals surface area (Å²) in [6.07, 6.45) is 3.40. The second kappa shape index (κ2) is 12.4. The molecule has 3 aromatic rings.